The fraction of sp³-hybridized carbons (Fsp3) is 0.600. The number of hydrogen-bond acceptors (Lipinski definition) is 20. The topological polar surface area (TPSA) is 376 Å². The van der Waals surface area contributed by atoms with E-state index in [-0.39, 0.29) is 70.8 Å². The third kappa shape index (κ3) is 26.4. The number of aryl methyl sites for hydroxylation is 3. The van der Waals surface area contributed by atoms with Crippen molar-refractivity contribution < 1.29 is 66.3 Å². The minimum Gasteiger partial charge on any atom is -0.494 e. The van der Waals surface area contributed by atoms with Crippen LogP contribution in [0.5, 0.6) is 5.75 Å². The van der Waals surface area contributed by atoms with E-state index in [2.05, 4.69) is 51.1 Å². The number of nitrogens with zero attached hydrogens (tertiary/aromatic N) is 6. The lowest BCUT2D eigenvalue weighted by Gasteiger charge is -2.31. The fourth-order valence-electron chi connectivity index (χ4n) is 9.85. The molecule has 500 valence electrons. The van der Waals surface area contributed by atoms with Gasteiger partial charge in [-0.25, -0.2) is 13.4 Å². The lowest BCUT2D eigenvalue weighted by molar-refractivity contribution is -0.139. The normalized spacial score (nSPS) is 14.9. The number of carboxylic acids is 2. The number of aromatic amines is 1. The highest BCUT2D eigenvalue weighted by atomic mass is 32.2. The summed E-state index contributed by atoms with van der Waals surface area (Å²) in [5, 5.41) is 34.0. The van der Waals surface area contributed by atoms with Crippen molar-refractivity contribution in [2.75, 3.05) is 157 Å². The van der Waals surface area contributed by atoms with Gasteiger partial charge < -0.3 is 80.8 Å². The largest absolute Gasteiger partial charge is 0.494 e. The first-order chi connectivity index (χ1) is 43.1. The van der Waals surface area contributed by atoms with Crippen molar-refractivity contribution in [3.63, 3.8) is 0 Å². The molecular weight excluding hydrogens is 1190 g/mol. The summed E-state index contributed by atoms with van der Waals surface area (Å²) in [7, 11) is 1.28. The maximum Gasteiger partial charge on any atom is 0.323 e. The van der Waals surface area contributed by atoms with E-state index in [0.717, 1.165) is 38.2 Å². The Labute approximate surface area is 526 Å². The van der Waals surface area contributed by atoms with Crippen molar-refractivity contribution in [1.82, 2.24) is 60.1 Å². The summed E-state index contributed by atoms with van der Waals surface area (Å²) in [6.45, 7) is 11.8. The zero-order chi connectivity index (χ0) is 65.4. The van der Waals surface area contributed by atoms with E-state index in [0.29, 0.717) is 141 Å². The predicted octanol–water partition coefficient (Wildman–Crippen LogP) is 0.0530. The number of hydrogen-bond donors (Lipinski definition) is 10. The molecule has 0 bridgehead atoms. The van der Waals surface area contributed by atoms with E-state index >= 15 is 0 Å². The zero-order valence-corrected chi connectivity index (χ0v) is 53.5. The Bertz CT molecular complexity index is 3070. The number of anilines is 1. The highest BCUT2D eigenvalue weighted by Gasteiger charge is 2.30. The van der Waals surface area contributed by atoms with Crippen LogP contribution in [0.2, 0.25) is 0 Å². The Balaban J connectivity index is 0.898. The van der Waals surface area contributed by atoms with Crippen molar-refractivity contribution in [2.45, 2.75) is 82.3 Å². The minimum atomic E-state index is -4.46. The second-order valence-electron chi connectivity index (χ2n) is 22.3. The molecule has 1 saturated heterocycles. The molecule has 1 unspecified atom stereocenters. The number of rotatable bonds is 39. The van der Waals surface area contributed by atoms with Crippen LogP contribution in [0.3, 0.4) is 0 Å². The van der Waals surface area contributed by atoms with Crippen LogP contribution in [0, 0.1) is 13.8 Å². The van der Waals surface area contributed by atoms with Crippen molar-refractivity contribution >= 4 is 62.4 Å². The number of fused-ring (bicyclic) bond motifs is 1. The van der Waals surface area contributed by atoms with Gasteiger partial charge in [0, 0.05) is 129 Å². The average Bonchev–Trinajstić information content (AvgIpc) is 1.80. The average molecular weight is 1280 g/mol. The molecule has 2 aromatic carbocycles. The van der Waals surface area contributed by atoms with Gasteiger partial charge in [-0.2, -0.15) is 4.72 Å². The number of aliphatic carboxylic acids is 2. The molecule has 1 aliphatic rings. The Morgan fingerprint density at radius 2 is 1.33 bits per heavy atom. The first-order valence-electron chi connectivity index (χ1n) is 30.6. The van der Waals surface area contributed by atoms with Crippen LogP contribution in [0.15, 0.2) is 58.6 Å². The molecule has 90 heavy (non-hydrogen) atoms. The van der Waals surface area contributed by atoms with Crippen LogP contribution in [-0.4, -0.2) is 252 Å². The Hall–Kier alpha value is -7.13. The molecule has 3 heterocycles. The van der Waals surface area contributed by atoms with E-state index < -0.39 is 51.9 Å². The first kappa shape index (κ1) is 73.6. The lowest BCUT2D eigenvalue weighted by Crippen LogP contribution is -2.51. The van der Waals surface area contributed by atoms with Gasteiger partial charge in [-0.1, -0.05) is 6.07 Å². The fourth-order valence-corrected chi connectivity index (χ4v) is 11.5. The van der Waals surface area contributed by atoms with Crippen LogP contribution in [0.4, 0.5) is 5.95 Å². The van der Waals surface area contributed by atoms with Crippen molar-refractivity contribution in [3.05, 3.63) is 81.4 Å². The number of carbonyl (C=O) groups excluding carboxylic acids is 4. The maximum absolute atomic E-state index is 13.6. The molecule has 2 atom stereocenters. The van der Waals surface area contributed by atoms with Gasteiger partial charge in [-0.15, -0.1) is 0 Å². The van der Waals surface area contributed by atoms with Crippen molar-refractivity contribution in [1.29, 1.82) is 0 Å². The van der Waals surface area contributed by atoms with Gasteiger partial charge in [0.2, 0.25) is 33.2 Å². The summed E-state index contributed by atoms with van der Waals surface area (Å²) in [6, 6.07) is 5.62. The quantitative estimate of drug-likeness (QED) is 0.0264. The molecule has 0 spiro atoms. The van der Waals surface area contributed by atoms with Crippen LogP contribution in [-0.2, 0) is 61.8 Å². The molecule has 0 saturated carbocycles. The van der Waals surface area contributed by atoms with Gasteiger partial charge in [0.15, 0.2) is 5.95 Å². The Morgan fingerprint density at radius 1 is 0.722 bits per heavy atom. The van der Waals surface area contributed by atoms with E-state index in [1.165, 1.54) is 32.2 Å². The molecule has 4 amide bonds. The maximum atomic E-state index is 13.6. The summed E-state index contributed by atoms with van der Waals surface area (Å²) in [6.07, 6.45) is 8.16. The van der Waals surface area contributed by atoms with E-state index in [4.69, 9.17) is 24.7 Å². The van der Waals surface area contributed by atoms with Gasteiger partial charge in [-0.05, 0) is 114 Å². The van der Waals surface area contributed by atoms with Gasteiger partial charge in [0.1, 0.15) is 23.4 Å². The molecule has 2 aromatic heterocycles. The van der Waals surface area contributed by atoms with Crippen LogP contribution < -0.4 is 47.2 Å². The molecule has 0 radical (unpaired) electrons. The standard InChI is InChI=1S/C60H94N14O15S/c1-43-35-46(36-44(2)56(43)90(84,85)69-50(59(82)83)39-66-57(80)48-40-72(5)51-37-45(13-14-47(51)55(48)79)38-67-60-64-18-19-65-60)89-30-8-12-52(75)62-16-9-28-86-31-33-88-34-32-87-29-10-17-63-58(81)49(11-6-7-15-61)68-53(76)41-73-24-22-70(3)20-21-71(4)23-25-74(27-26-73)42-54(77)78/h13-14,18-19,35-37,40,49-50,69H,6-12,15-17,20-34,38-39,41-42,61H2,1-5H3,(H,62,75)(H,63,81)(H,66,80)(H,68,76)(H,77,78)(H,82,83)(H2,64,65,67)/t49-,50?/m1/s1. The number of aromatic nitrogens is 3. The molecule has 0 aliphatic carbocycles. The first-order valence-corrected chi connectivity index (χ1v) is 32.1. The number of benzene rings is 2. The molecule has 1 fully saturated rings. The SMILES string of the molecule is Cc1cc(OCCCC(=O)NCCCOCCOCCOCCCNC(=O)[C@@H](CCCCN)NC(=O)CN2CCN(C)CCN(C)CCN(CC(=O)O)CC2)cc(C)c1S(=O)(=O)NC(CNC(=O)c1cn(C)c2cc(CNc3ncc[nH]3)ccc2c1=O)C(=O)O. The zero-order valence-electron chi connectivity index (χ0n) is 52.7. The number of amides is 4. The number of sulfonamides is 1. The van der Waals surface area contributed by atoms with Crippen LogP contribution >= 0.6 is 0 Å². The predicted molar refractivity (Wildman–Crippen MR) is 338 cm³/mol. The number of imidazole rings is 1. The summed E-state index contributed by atoms with van der Waals surface area (Å²) in [5.74, 6) is -3.11. The van der Waals surface area contributed by atoms with Gasteiger partial charge in [0.25, 0.3) is 5.91 Å². The molecule has 1 aliphatic heterocycles. The number of ether oxygens (including phenoxy) is 4. The third-order valence-electron chi connectivity index (χ3n) is 14.9. The monoisotopic (exact) mass is 1280 g/mol. The minimum absolute atomic E-state index is 0.0766. The third-order valence-corrected chi connectivity index (χ3v) is 16.6. The van der Waals surface area contributed by atoms with Crippen LogP contribution in [0.25, 0.3) is 10.9 Å². The number of unbranched alkanes of at least 4 members (excludes halogenated alkanes) is 1. The van der Waals surface area contributed by atoms with E-state index in [1.54, 1.807) is 42.2 Å². The van der Waals surface area contributed by atoms with Gasteiger partial charge in [-0.3, -0.25) is 43.4 Å². The molecule has 29 nitrogen and oxygen atoms in total. The Morgan fingerprint density at radius 3 is 1.94 bits per heavy atom. The van der Waals surface area contributed by atoms with Crippen molar-refractivity contribution in [2.24, 2.45) is 12.8 Å². The van der Waals surface area contributed by atoms with Crippen LogP contribution in [0.1, 0.15) is 72.0 Å². The second-order valence-corrected chi connectivity index (χ2v) is 24.0. The van der Waals surface area contributed by atoms with Crippen molar-refractivity contribution in [3.8, 4) is 5.75 Å². The number of nitrogens with one attached hydrogen (secondary N) is 7. The highest BCUT2D eigenvalue weighted by molar-refractivity contribution is 7.89. The highest BCUT2D eigenvalue weighted by Crippen LogP contribution is 2.26. The number of likely N-dealkylation sites (N-methyl/N-ethyl adjacent to an activating group) is 2. The summed E-state index contributed by atoms with van der Waals surface area (Å²) >= 11 is 0. The number of pyridine rings is 1. The Kier molecular flexibility index (Phi) is 32.1. The summed E-state index contributed by atoms with van der Waals surface area (Å²) in [5.41, 5.74) is 6.83. The molecule has 11 N–H and O–H groups in total. The van der Waals surface area contributed by atoms with E-state index in [9.17, 15) is 52.2 Å². The molecule has 5 rings (SSSR count). The number of nitrogens with two attached hydrogens (primary N) is 1. The smallest absolute Gasteiger partial charge is 0.323 e. The van der Waals surface area contributed by atoms with E-state index in [1.807, 2.05) is 23.9 Å². The summed E-state index contributed by atoms with van der Waals surface area (Å²) in [4.78, 5) is 105. The number of carbonyl (C=O) groups is 6. The lowest BCUT2D eigenvalue weighted by atomic mass is 10.1. The molecular formula is C60H94N14O15S. The summed E-state index contributed by atoms with van der Waals surface area (Å²) < 4.78 is 53.8. The number of carboxylic acid groups (broad SMARTS) is 2. The van der Waals surface area contributed by atoms with Gasteiger partial charge >= 0.3 is 11.9 Å². The molecule has 4 aromatic rings. The second kappa shape index (κ2) is 39.2. The number of H-pyrrole nitrogens is 1. The van der Waals surface area contributed by atoms with Gasteiger partial charge in [0.05, 0.1) is 56.5 Å². The molecule has 30 heteroatoms.